The highest BCUT2D eigenvalue weighted by molar-refractivity contribution is 6.30. The van der Waals surface area contributed by atoms with E-state index in [1.807, 2.05) is 20.8 Å². The maximum Gasteiger partial charge on any atom is 0.274 e. The summed E-state index contributed by atoms with van der Waals surface area (Å²) in [7, 11) is 0. The van der Waals surface area contributed by atoms with Crippen LogP contribution < -0.4 is 10.6 Å². The van der Waals surface area contributed by atoms with Gasteiger partial charge in [0.25, 0.3) is 11.8 Å². The Morgan fingerprint density at radius 3 is 2.35 bits per heavy atom. The topological polar surface area (TPSA) is 71.1 Å². The number of amides is 2. The first-order valence-electron chi connectivity index (χ1n) is 7.22. The molecule has 0 saturated carbocycles. The molecule has 0 aliphatic carbocycles. The number of hydrogen-bond donors (Lipinski definition) is 2. The fourth-order valence-electron chi connectivity index (χ4n) is 1.98. The molecular formula is C17H18ClN3O2. The maximum absolute atomic E-state index is 12.3. The number of anilines is 1. The molecule has 1 heterocycles. The lowest BCUT2D eigenvalue weighted by atomic mass is 10.2. The van der Waals surface area contributed by atoms with Crippen molar-refractivity contribution in [3.63, 3.8) is 0 Å². The third-order valence-corrected chi connectivity index (χ3v) is 3.31. The van der Waals surface area contributed by atoms with Crippen molar-refractivity contribution in [2.75, 3.05) is 5.32 Å². The van der Waals surface area contributed by atoms with E-state index < -0.39 is 0 Å². The van der Waals surface area contributed by atoms with E-state index in [1.165, 1.54) is 0 Å². The van der Waals surface area contributed by atoms with Crippen LogP contribution in [0.1, 0.15) is 40.4 Å². The molecule has 0 saturated heterocycles. The fourth-order valence-corrected chi connectivity index (χ4v) is 2.20. The SMILES string of the molecule is Cc1cc(Cl)ccc1NC(=O)c1cccc(C(=O)NC(C)C)n1. The first-order valence-corrected chi connectivity index (χ1v) is 7.60. The Balaban J connectivity index is 2.18. The van der Waals surface area contributed by atoms with Gasteiger partial charge in [0.1, 0.15) is 11.4 Å². The quantitative estimate of drug-likeness (QED) is 0.901. The number of carbonyl (C=O) groups excluding carboxylic acids is 2. The molecule has 5 nitrogen and oxygen atoms in total. The second kappa shape index (κ2) is 7.24. The Labute approximate surface area is 140 Å². The van der Waals surface area contributed by atoms with Crippen LogP contribution >= 0.6 is 11.6 Å². The number of pyridine rings is 1. The Morgan fingerprint density at radius 1 is 1.09 bits per heavy atom. The van der Waals surface area contributed by atoms with Crippen molar-refractivity contribution in [1.29, 1.82) is 0 Å². The van der Waals surface area contributed by atoms with Gasteiger partial charge in [-0.3, -0.25) is 9.59 Å². The van der Waals surface area contributed by atoms with Crippen LogP contribution in [0.5, 0.6) is 0 Å². The first-order chi connectivity index (χ1) is 10.9. The second-order valence-corrected chi connectivity index (χ2v) is 5.89. The van der Waals surface area contributed by atoms with E-state index >= 15 is 0 Å². The van der Waals surface area contributed by atoms with Gasteiger partial charge < -0.3 is 10.6 Å². The third kappa shape index (κ3) is 4.53. The number of rotatable bonds is 4. The molecule has 0 atom stereocenters. The van der Waals surface area contributed by atoms with E-state index in [0.717, 1.165) is 5.56 Å². The van der Waals surface area contributed by atoms with Gasteiger partial charge in [-0.25, -0.2) is 4.98 Å². The van der Waals surface area contributed by atoms with E-state index in [4.69, 9.17) is 11.6 Å². The molecule has 0 fully saturated rings. The number of aryl methyl sites for hydroxylation is 1. The summed E-state index contributed by atoms with van der Waals surface area (Å²) in [6.45, 7) is 5.57. The highest BCUT2D eigenvalue weighted by atomic mass is 35.5. The molecule has 120 valence electrons. The largest absolute Gasteiger partial charge is 0.349 e. The van der Waals surface area contributed by atoms with Gasteiger partial charge in [0, 0.05) is 16.8 Å². The van der Waals surface area contributed by atoms with Gasteiger partial charge in [-0.05, 0) is 56.7 Å². The number of benzene rings is 1. The highest BCUT2D eigenvalue weighted by Crippen LogP contribution is 2.20. The van der Waals surface area contributed by atoms with Gasteiger partial charge in [0.05, 0.1) is 0 Å². The van der Waals surface area contributed by atoms with Gasteiger partial charge in [-0.15, -0.1) is 0 Å². The third-order valence-electron chi connectivity index (χ3n) is 3.07. The summed E-state index contributed by atoms with van der Waals surface area (Å²) in [5.74, 6) is -0.688. The van der Waals surface area contributed by atoms with E-state index in [9.17, 15) is 9.59 Å². The molecule has 2 N–H and O–H groups in total. The minimum Gasteiger partial charge on any atom is -0.349 e. The predicted octanol–water partition coefficient (Wildman–Crippen LogP) is 3.43. The summed E-state index contributed by atoms with van der Waals surface area (Å²) in [4.78, 5) is 28.4. The predicted molar refractivity (Wildman–Crippen MR) is 91.0 cm³/mol. The summed E-state index contributed by atoms with van der Waals surface area (Å²) in [6, 6.07) is 9.95. The monoisotopic (exact) mass is 331 g/mol. The number of nitrogens with zero attached hydrogens (tertiary/aromatic N) is 1. The molecule has 2 amide bonds. The summed E-state index contributed by atoms with van der Waals surface area (Å²) >= 11 is 5.90. The van der Waals surface area contributed by atoms with Crippen LogP contribution in [0, 0.1) is 6.92 Å². The zero-order chi connectivity index (χ0) is 17.0. The Bertz CT molecular complexity index is 744. The molecule has 0 spiro atoms. The van der Waals surface area contributed by atoms with Crippen molar-refractivity contribution in [3.05, 3.63) is 58.4 Å². The summed E-state index contributed by atoms with van der Waals surface area (Å²) in [5, 5.41) is 6.11. The van der Waals surface area contributed by atoms with Gasteiger partial charge in [0.15, 0.2) is 0 Å². The zero-order valence-corrected chi connectivity index (χ0v) is 13.9. The molecular weight excluding hydrogens is 314 g/mol. The average Bonchev–Trinajstić information content (AvgIpc) is 2.49. The van der Waals surface area contributed by atoms with E-state index in [0.29, 0.717) is 10.7 Å². The average molecular weight is 332 g/mol. The van der Waals surface area contributed by atoms with E-state index in [1.54, 1.807) is 36.4 Å². The van der Waals surface area contributed by atoms with Crippen LogP contribution in [-0.2, 0) is 0 Å². The van der Waals surface area contributed by atoms with Crippen LogP contribution in [0.2, 0.25) is 5.02 Å². The number of halogens is 1. The standard InChI is InChI=1S/C17H18ClN3O2/c1-10(2)19-16(22)14-5-4-6-15(20-14)17(23)21-13-8-7-12(18)9-11(13)3/h4-10H,1-3H3,(H,19,22)(H,21,23). The van der Waals surface area contributed by atoms with Crippen LogP contribution in [0.15, 0.2) is 36.4 Å². The molecule has 1 aromatic carbocycles. The summed E-state index contributed by atoms with van der Waals surface area (Å²) in [6.07, 6.45) is 0. The smallest absolute Gasteiger partial charge is 0.274 e. The maximum atomic E-state index is 12.3. The van der Waals surface area contributed by atoms with Gasteiger partial charge >= 0.3 is 0 Å². The molecule has 0 radical (unpaired) electrons. The van der Waals surface area contributed by atoms with Crippen LogP contribution in [0.3, 0.4) is 0 Å². The lowest BCUT2D eigenvalue weighted by Crippen LogP contribution is -2.31. The van der Waals surface area contributed by atoms with Crippen molar-refractivity contribution < 1.29 is 9.59 Å². The fraction of sp³-hybridized carbons (Fsp3) is 0.235. The van der Waals surface area contributed by atoms with Crippen molar-refractivity contribution in [3.8, 4) is 0 Å². The number of hydrogen-bond acceptors (Lipinski definition) is 3. The lowest BCUT2D eigenvalue weighted by Gasteiger charge is -2.10. The molecule has 0 bridgehead atoms. The second-order valence-electron chi connectivity index (χ2n) is 5.45. The molecule has 0 aliphatic rings. The lowest BCUT2D eigenvalue weighted by molar-refractivity contribution is 0.0938. The minimum absolute atomic E-state index is 0.00139. The summed E-state index contributed by atoms with van der Waals surface area (Å²) in [5.41, 5.74) is 1.88. The summed E-state index contributed by atoms with van der Waals surface area (Å²) < 4.78 is 0. The van der Waals surface area contributed by atoms with Crippen molar-refractivity contribution in [2.45, 2.75) is 26.8 Å². The van der Waals surface area contributed by atoms with E-state index in [2.05, 4.69) is 15.6 Å². The van der Waals surface area contributed by atoms with E-state index in [-0.39, 0.29) is 29.2 Å². The molecule has 1 aromatic heterocycles. The van der Waals surface area contributed by atoms with Gasteiger partial charge in [-0.2, -0.15) is 0 Å². The van der Waals surface area contributed by atoms with Crippen molar-refractivity contribution in [1.82, 2.24) is 10.3 Å². The molecule has 6 heteroatoms. The Morgan fingerprint density at radius 2 is 1.74 bits per heavy atom. The van der Waals surface area contributed by atoms with Gasteiger partial charge in [0.2, 0.25) is 0 Å². The number of carbonyl (C=O) groups is 2. The number of nitrogens with one attached hydrogen (secondary N) is 2. The highest BCUT2D eigenvalue weighted by Gasteiger charge is 2.13. The normalized spacial score (nSPS) is 10.5. The number of aromatic nitrogens is 1. The van der Waals surface area contributed by atoms with Crippen molar-refractivity contribution >= 4 is 29.1 Å². The zero-order valence-electron chi connectivity index (χ0n) is 13.2. The minimum atomic E-state index is -0.380. The van der Waals surface area contributed by atoms with Crippen molar-refractivity contribution in [2.24, 2.45) is 0 Å². The first kappa shape index (κ1) is 17.0. The van der Waals surface area contributed by atoms with Crippen LogP contribution in [0.25, 0.3) is 0 Å². The molecule has 0 aliphatic heterocycles. The molecule has 2 rings (SSSR count). The van der Waals surface area contributed by atoms with Crippen LogP contribution in [0.4, 0.5) is 5.69 Å². The Hall–Kier alpha value is -2.40. The Kier molecular flexibility index (Phi) is 5.34. The molecule has 0 unspecified atom stereocenters. The van der Waals surface area contributed by atoms with Gasteiger partial charge in [-0.1, -0.05) is 17.7 Å². The molecule has 23 heavy (non-hydrogen) atoms. The molecule has 2 aromatic rings. The van der Waals surface area contributed by atoms with Crippen LogP contribution in [-0.4, -0.2) is 22.8 Å².